The van der Waals surface area contributed by atoms with Gasteiger partial charge in [-0.3, -0.25) is 4.79 Å². The number of amides is 1. The van der Waals surface area contributed by atoms with Gasteiger partial charge >= 0.3 is 0 Å². The molecule has 2 aromatic heterocycles. The van der Waals surface area contributed by atoms with Gasteiger partial charge in [-0.2, -0.15) is 0 Å². The number of hydrogen-bond acceptors (Lipinski definition) is 4. The summed E-state index contributed by atoms with van der Waals surface area (Å²) >= 11 is 3.16. The van der Waals surface area contributed by atoms with Crippen LogP contribution in [0.3, 0.4) is 0 Å². The van der Waals surface area contributed by atoms with Crippen LogP contribution in [-0.4, -0.2) is 10.9 Å². The number of anilines is 1. The first-order valence-corrected chi connectivity index (χ1v) is 9.91. The summed E-state index contributed by atoms with van der Waals surface area (Å²) in [5.41, 5.74) is 1.93. The third-order valence-corrected chi connectivity index (χ3v) is 6.01. The van der Waals surface area contributed by atoms with E-state index in [1.54, 1.807) is 11.3 Å². The molecule has 128 valence electrons. The van der Waals surface area contributed by atoms with Crippen molar-refractivity contribution in [2.24, 2.45) is 0 Å². The Morgan fingerprint density at radius 3 is 2.08 bits per heavy atom. The van der Waals surface area contributed by atoms with Gasteiger partial charge in [-0.15, -0.1) is 11.3 Å². The Bertz CT molecular complexity index is 940. The summed E-state index contributed by atoms with van der Waals surface area (Å²) in [4.78, 5) is 19.7. The fourth-order valence-electron chi connectivity index (χ4n) is 2.83. The number of carbonyl (C=O) groups excluding carboxylic acids is 1. The number of carbonyl (C=O) groups is 1. The minimum atomic E-state index is -0.369. The third-order valence-electron chi connectivity index (χ3n) is 4.03. The zero-order chi connectivity index (χ0) is 17.8. The summed E-state index contributed by atoms with van der Waals surface area (Å²) in [6.45, 7) is 0. The molecule has 2 aromatic carbocycles. The first-order chi connectivity index (χ1) is 12.8. The standard InChI is InChI=1S/C21H16N2OS2/c24-20(23-21-22-14-18(26-21)17-12-7-13-25-17)19(15-8-3-1-4-9-15)16-10-5-2-6-11-16/h1-14,19H,(H,22,23,24). The minimum absolute atomic E-state index is 0.0746. The zero-order valence-corrected chi connectivity index (χ0v) is 15.5. The molecule has 0 unspecified atom stereocenters. The Kier molecular flexibility index (Phi) is 4.91. The van der Waals surface area contributed by atoms with E-state index in [1.807, 2.05) is 78.3 Å². The molecule has 3 nitrogen and oxygen atoms in total. The quantitative estimate of drug-likeness (QED) is 0.489. The van der Waals surface area contributed by atoms with Crippen LogP contribution in [0, 0.1) is 0 Å². The summed E-state index contributed by atoms with van der Waals surface area (Å²) in [5, 5.41) is 5.65. The van der Waals surface area contributed by atoms with Crippen LogP contribution >= 0.6 is 22.7 Å². The Hall–Kier alpha value is -2.76. The molecule has 0 bridgehead atoms. The lowest BCUT2D eigenvalue weighted by Crippen LogP contribution is -2.22. The van der Waals surface area contributed by atoms with Gasteiger partial charge in [0.05, 0.1) is 10.8 Å². The van der Waals surface area contributed by atoms with E-state index < -0.39 is 0 Å². The highest BCUT2D eigenvalue weighted by atomic mass is 32.1. The van der Waals surface area contributed by atoms with Crippen molar-refractivity contribution in [1.82, 2.24) is 4.98 Å². The number of hydrogen-bond donors (Lipinski definition) is 1. The van der Waals surface area contributed by atoms with E-state index in [1.165, 1.54) is 11.3 Å². The van der Waals surface area contributed by atoms with Crippen molar-refractivity contribution < 1.29 is 4.79 Å². The van der Waals surface area contributed by atoms with Crippen LogP contribution in [0.25, 0.3) is 9.75 Å². The van der Waals surface area contributed by atoms with Gasteiger partial charge in [-0.25, -0.2) is 4.98 Å². The SMILES string of the molecule is O=C(Nc1ncc(-c2cccs2)s1)C(c1ccccc1)c1ccccc1. The average Bonchev–Trinajstić information content (AvgIpc) is 3.35. The molecular formula is C21H16N2OS2. The highest BCUT2D eigenvalue weighted by Gasteiger charge is 2.23. The molecule has 1 amide bonds. The maximum absolute atomic E-state index is 13.1. The fraction of sp³-hybridized carbons (Fsp3) is 0.0476. The first-order valence-electron chi connectivity index (χ1n) is 8.22. The maximum Gasteiger partial charge on any atom is 0.238 e. The molecule has 0 radical (unpaired) electrons. The van der Waals surface area contributed by atoms with Gasteiger partial charge in [0.25, 0.3) is 0 Å². The second-order valence-corrected chi connectivity index (χ2v) is 7.73. The van der Waals surface area contributed by atoms with Crippen molar-refractivity contribution in [2.45, 2.75) is 5.92 Å². The molecule has 5 heteroatoms. The lowest BCUT2D eigenvalue weighted by atomic mass is 9.90. The zero-order valence-electron chi connectivity index (χ0n) is 13.8. The number of thiophene rings is 1. The second kappa shape index (κ2) is 7.64. The van der Waals surface area contributed by atoms with Gasteiger partial charge in [0, 0.05) is 11.1 Å². The maximum atomic E-state index is 13.1. The molecule has 0 spiro atoms. The Labute approximate surface area is 160 Å². The van der Waals surface area contributed by atoms with Crippen molar-refractivity contribution in [1.29, 1.82) is 0 Å². The summed E-state index contributed by atoms with van der Waals surface area (Å²) in [6.07, 6.45) is 1.81. The molecule has 0 aliphatic heterocycles. The van der Waals surface area contributed by atoms with Crippen LogP contribution in [0.4, 0.5) is 5.13 Å². The number of rotatable bonds is 5. The van der Waals surface area contributed by atoms with Crippen molar-refractivity contribution in [3.8, 4) is 9.75 Å². The summed E-state index contributed by atoms with van der Waals surface area (Å²) < 4.78 is 0. The lowest BCUT2D eigenvalue weighted by molar-refractivity contribution is -0.116. The van der Waals surface area contributed by atoms with E-state index in [0.717, 1.165) is 20.9 Å². The molecule has 4 rings (SSSR count). The van der Waals surface area contributed by atoms with E-state index in [0.29, 0.717) is 5.13 Å². The summed E-state index contributed by atoms with van der Waals surface area (Å²) in [7, 11) is 0. The largest absolute Gasteiger partial charge is 0.301 e. The number of nitrogens with one attached hydrogen (secondary N) is 1. The summed E-state index contributed by atoms with van der Waals surface area (Å²) in [5.74, 6) is -0.444. The molecule has 0 aliphatic rings. The normalized spacial score (nSPS) is 10.8. The predicted molar refractivity (Wildman–Crippen MR) is 109 cm³/mol. The van der Waals surface area contributed by atoms with E-state index in [-0.39, 0.29) is 11.8 Å². The molecule has 0 atom stereocenters. The van der Waals surface area contributed by atoms with Crippen molar-refractivity contribution in [3.63, 3.8) is 0 Å². The van der Waals surface area contributed by atoms with Gasteiger partial charge in [0.15, 0.2) is 5.13 Å². The molecule has 0 saturated carbocycles. The van der Waals surface area contributed by atoms with Crippen LogP contribution in [0.15, 0.2) is 84.4 Å². The minimum Gasteiger partial charge on any atom is -0.301 e. The molecular weight excluding hydrogens is 360 g/mol. The third kappa shape index (κ3) is 3.59. The Morgan fingerprint density at radius 2 is 1.50 bits per heavy atom. The Balaban J connectivity index is 1.61. The van der Waals surface area contributed by atoms with Crippen LogP contribution in [0.5, 0.6) is 0 Å². The van der Waals surface area contributed by atoms with Gasteiger partial charge in [0.1, 0.15) is 0 Å². The van der Waals surface area contributed by atoms with E-state index >= 15 is 0 Å². The fourth-order valence-corrected chi connectivity index (χ4v) is 4.47. The van der Waals surface area contributed by atoms with Gasteiger partial charge in [-0.1, -0.05) is 78.1 Å². The topological polar surface area (TPSA) is 42.0 Å². The average molecular weight is 377 g/mol. The molecule has 2 heterocycles. The highest BCUT2D eigenvalue weighted by Crippen LogP contribution is 2.33. The van der Waals surface area contributed by atoms with Gasteiger partial charge in [-0.05, 0) is 22.6 Å². The van der Waals surface area contributed by atoms with Gasteiger partial charge in [0.2, 0.25) is 5.91 Å². The molecule has 0 fully saturated rings. The van der Waals surface area contributed by atoms with Gasteiger partial charge < -0.3 is 5.32 Å². The van der Waals surface area contributed by atoms with Crippen molar-refractivity contribution in [3.05, 3.63) is 95.5 Å². The van der Waals surface area contributed by atoms with Crippen molar-refractivity contribution in [2.75, 3.05) is 5.32 Å². The van der Waals surface area contributed by atoms with Crippen LogP contribution in [-0.2, 0) is 4.79 Å². The predicted octanol–water partition coefficient (Wildman–Crippen LogP) is 5.64. The second-order valence-electron chi connectivity index (χ2n) is 5.75. The van der Waals surface area contributed by atoms with E-state index in [9.17, 15) is 4.79 Å². The monoisotopic (exact) mass is 376 g/mol. The highest BCUT2D eigenvalue weighted by molar-refractivity contribution is 7.23. The Morgan fingerprint density at radius 1 is 0.846 bits per heavy atom. The molecule has 0 saturated heterocycles. The van der Waals surface area contributed by atoms with E-state index in [4.69, 9.17) is 0 Å². The van der Waals surface area contributed by atoms with E-state index in [2.05, 4.69) is 16.4 Å². The molecule has 0 aliphatic carbocycles. The summed E-state index contributed by atoms with van der Waals surface area (Å²) in [6, 6.07) is 23.7. The van der Waals surface area contributed by atoms with Crippen molar-refractivity contribution >= 4 is 33.7 Å². The molecule has 4 aromatic rings. The molecule has 26 heavy (non-hydrogen) atoms. The number of benzene rings is 2. The first kappa shape index (κ1) is 16.7. The smallest absolute Gasteiger partial charge is 0.238 e. The number of thiazole rings is 1. The van der Waals surface area contributed by atoms with Crippen LogP contribution in [0.2, 0.25) is 0 Å². The van der Waals surface area contributed by atoms with Crippen LogP contribution < -0.4 is 5.32 Å². The number of nitrogens with zero attached hydrogens (tertiary/aromatic N) is 1. The van der Waals surface area contributed by atoms with Crippen LogP contribution in [0.1, 0.15) is 17.0 Å². The number of aromatic nitrogens is 1. The lowest BCUT2D eigenvalue weighted by Gasteiger charge is -2.17. The molecule has 1 N–H and O–H groups in total.